The molecule has 5 nitrogen and oxygen atoms in total. The Morgan fingerprint density at radius 3 is 2.83 bits per heavy atom. The van der Waals surface area contributed by atoms with Crippen molar-refractivity contribution in [2.75, 3.05) is 12.1 Å². The molecule has 0 unspecified atom stereocenters. The number of ether oxygens (including phenoxy) is 2. The summed E-state index contributed by atoms with van der Waals surface area (Å²) in [6.45, 7) is 0.229. The molecule has 2 aromatic carbocycles. The lowest BCUT2D eigenvalue weighted by Gasteiger charge is -2.03. The minimum absolute atomic E-state index is 0.108. The van der Waals surface area contributed by atoms with Crippen molar-refractivity contribution >= 4 is 22.4 Å². The minimum atomic E-state index is -0.108. The summed E-state index contributed by atoms with van der Waals surface area (Å²) in [5.74, 6) is 1.29. The van der Waals surface area contributed by atoms with Gasteiger partial charge in [-0.2, -0.15) is 0 Å². The average molecular weight is 338 g/mol. The van der Waals surface area contributed by atoms with Crippen LogP contribution in [0.1, 0.15) is 5.56 Å². The third-order valence-electron chi connectivity index (χ3n) is 3.62. The van der Waals surface area contributed by atoms with Gasteiger partial charge in [0, 0.05) is 10.9 Å². The van der Waals surface area contributed by atoms with Crippen LogP contribution in [0.15, 0.2) is 53.9 Å². The largest absolute Gasteiger partial charge is 0.454 e. The molecule has 24 heavy (non-hydrogen) atoms. The zero-order valence-corrected chi connectivity index (χ0v) is 13.5. The molecule has 2 heterocycles. The first-order valence-electron chi connectivity index (χ1n) is 7.47. The molecule has 0 aliphatic carbocycles. The van der Waals surface area contributed by atoms with Gasteiger partial charge in [-0.3, -0.25) is 4.79 Å². The van der Waals surface area contributed by atoms with Crippen LogP contribution in [0, 0.1) is 0 Å². The first-order chi connectivity index (χ1) is 11.8. The van der Waals surface area contributed by atoms with Gasteiger partial charge in [0.05, 0.1) is 12.1 Å². The summed E-state index contributed by atoms with van der Waals surface area (Å²) in [6.07, 6.45) is 0.261. The van der Waals surface area contributed by atoms with Gasteiger partial charge in [-0.1, -0.05) is 36.4 Å². The van der Waals surface area contributed by atoms with Crippen LogP contribution in [0.5, 0.6) is 11.5 Å². The molecule has 0 fully saturated rings. The van der Waals surface area contributed by atoms with E-state index in [0.717, 1.165) is 16.8 Å². The number of hydrogen-bond donors (Lipinski definition) is 1. The van der Waals surface area contributed by atoms with E-state index in [1.807, 2.05) is 53.9 Å². The summed E-state index contributed by atoms with van der Waals surface area (Å²) in [7, 11) is 0. The highest BCUT2D eigenvalue weighted by Crippen LogP contribution is 2.32. The fourth-order valence-electron chi connectivity index (χ4n) is 2.47. The Labute approximate surface area is 142 Å². The lowest BCUT2D eigenvalue weighted by molar-refractivity contribution is -0.115. The van der Waals surface area contributed by atoms with E-state index in [0.29, 0.717) is 16.6 Å². The fraction of sp³-hybridized carbons (Fsp3) is 0.111. The van der Waals surface area contributed by atoms with Crippen molar-refractivity contribution < 1.29 is 14.3 Å². The molecule has 4 rings (SSSR count). The molecule has 1 aromatic heterocycles. The molecular formula is C18H14N2O3S. The van der Waals surface area contributed by atoms with Crippen LogP contribution in [0.4, 0.5) is 5.13 Å². The van der Waals surface area contributed by atoms with Crippen LogP contribution >= 0.6 is 11.3 Å². The van der Waals surface area contributed by atoms with Crippen molar-refractivity contribution in [2.24, 2.45) is 0 Å². The topological polar surface area (TPSA) is 60.5 Å². The van der Waals surface area contributed by atoms with Crippen LogP contribution in [-0.4, -0.2) is 17.7 Å². The molecule has 0 atom stereocenters. The number of rotatable bonds is 4. The van der Waals surface area contributed by atoms with E-state index in [1.165, 1.54) is 11.3 Å². The third kappa shape index (κ3) is 3.09. The van der Waals surface area contributed by atoms with Gasteiger partial charge in [0.2, 0.25) is 12.7 Å². The molecule has 0 saturated heterocycles. The Bertz CT molecular complexity index is 877. The molecule has 1 amide bonds. The first-order valence-corrected chi connectivity index (χ1v) is 8.35. The second-order valence-electron chi connectivity index (χ2n) is 5.32. The van der Waals surface area contributed by atoms with E-state index in [2.05, 4.69) is 10.3 Å². The molecule has 0 saturated carbocycles. The zero-order valence-electron chi connectivity index (χ0n) is 12.7. The lowest BCUT2D eigenvalue weighted by atomic mass is 10.1. The number of anilines is 1. The number of hydrogen-bond acceptors (Lipinski definition) is 5. The first kappa shape index (κ1) is 14.7. The van der Waals surface area contributed by atoms with Crippen LogP contribution < -0.4 is 14.8 Å². The predicted molar refractivity (Wildman–Crippen MR) is 92.4 cm³/mol. The van der Waals surface area contributed by atoms with Crippen molar-refractivity contribution in [3.8, 4) is 22.8 Å². The second-order valence-corrected chi connectivity index (χ2v) is 6.17. The maximum absolute atomic E-state index is 12.2. The molecule has 0 spiro atoms. The number of carbonyl (C=O) groups excluding carboxylic acids is 1. The molecule has 0 radical (unpaired) electrons. The molecule has 3 aromatic rings. The summed E-state index contributed by atoms with van der Waals surface area (Å²) in [4.78, 5) is 16.7. The van der Waals surface area contributed by atoms with Crippen molar-refractivity contribution in [2.45, 2.75) is 6.42 Å². The Balaban J connectivity index is 1.42. The van der Waals surface area contributed by atoms with Gasteiger partial charge >= 0.3 is 0 Å². The maximum atomic E-state index is 12.2. The Kier molecular flexibility index (Phi) is 3.88. The number of fused-ring (bicyclic) bond motifs is 1. The van der Waals surface area contributed by atoms with E-state index in [1.54, 1.807) is 0 Å². The van der Waals surface area contributed by atoms with E-state index in [9.17, 15) is 4.79 Å². The summed E-state index contributed by atoms with van der Waals surface area (Å²) in [5, 5.41) is 5.38. The highest BCUT2D eigenvalue weighted by molar-refractivity contribution is 7.14. The van der Waals surface area contributed by atoms with E-state index in [-0.39, 0.29) is 19.1 Å². The highest BCUT2D eigenvalue weighted by Gasteiger charge is 2.15. The quantitative estimate of drug-likeness (QED) is 0.787. The van der Waals surface area contributed by atoms with Crippen molar-refractivity contribution in [1.29, 1.82) is 0 Å². The smallest absolute Gasteiger partial charge is 0.231 e. The number of carbonyl (C=O) groups is 1. The van der Waals surface area contributed by atoms with Gasteiger partial charge in [-0.15, -0.1) is 11.3 Å². The van der Waals surface area contributed by atoms with Gasteiger partial charge in [-0.25, -0.2) is 4.98 Å². The SMILES string of the molecule is O=C(Cc1ccc2c(c1)OCO2)Nc1nc(-c2ccccc2)cs1. The van der Waals surface area contributed by atoms with Crippen LogP contribution in [0.3, 0.4) is 0 Å². The molecule has 1 aliphatic rings. The molecule has 6 heteroatoms. The van der Waals surface area contributed by atoms with Gasteiger partial charge < -0.3 is 14.8 Å². The Hall–Kier alpha value is -2.86. The number of amides is 1. The second kappa shape index (κ2) is 6.33. The fourth-order valence-corrected chi connectivity index (χ4v) is 3.21. The molecule has 120 valence electrons. The third-order valence-corrected chi connectivity index (χ3v) is 4.38. The minimum Gasteiger partial charge on any atom is -0.454 e. The lowest BCUT2D eigenvalue weighted by Crippen LogP contribution is -2.14. The number of nitrogens with zero attached hydrogens (tertiary/aromatic N) is 1. The molecule has 1 aliphatic heterocycles. The Morgan fingerprint density at radius 2 is 1.96 bits per heavy atom. The highest BCUT2D eigenvalue weighted by atomic mass is 32.1. The average Bonchev–Trinajstić information content (AvgIpc) is 3.24. The van der Waals surface area contributed by atoms with E-state index in [4.69, 9.17) is 9.47 Å². The number of thiazole rings is 1. The van der Waals surface area contributed by atoms with E-state index < -0.39 is 0 Å². The Morgan fingerprint density at radius 1 is 1.12 bits per heavy atom. The molecule has 1 N–H and O–H groups in total. The summed E-state index contributed by atoms with van der Waals surface area (Å²) in [6, 6.07) is 15.4. The number of aromatic nitrogens is 1. The van der Waals surface area contributed by atoms with Crippen molar-refractivity contribution in [1.82, 2.24) is 4.98 Å². The summed E-state index contributed by atoms with van der Waals surface area (Å²) >= 11 is 1.42. The monoisotopic (exact) mass is 338 g/mol. The van der Waals surface area contributed by atoms with Crippen LogP contribution in [-0.2, 0) is 11.2 Å². The molecular weight excluding hydrogens is 324 g/mol. The normalized spacial score (nSPS) is 12.2. The predicted octanol–water partition coefficient (Wildman–Crippen LogP) is 3.72. The van der Waals surface area contributed by atoms with E-state index >= 15 is 0 Å². The van der Waals surface area contributed by atoms with Crippen LogP contribution in [0.25, 0.3) is 11.3 Å². The van der Waals surface area contributed by atoms with Crippen molar-refractivity contribution in [3.05, 3.63) is 59.5 Å². The van der Waals surface area contributed by atoms with Gasteiger partial charge in [0.1, 0.15) is 0 Å². The number of nitrogens with one attached hydrogen (secondary N) is 1. The van der Waals surface area contributed by atoms with Gasteiger partial charge in [0.25, 0.3) is 0 Å². The number of benzene rings is 2. The van der Waals surface area contributed by atoms with Gasteiger partial charge in [0.15, 0.2) is 16.6 Å². The standard InChI is InChI=1S/C18H14N2O3S/c21-17(9-12-6-7-15-16(8-12)23-11-22-15)20-18-19-14(10-24-18)13-4-2-1-3-5-13/h1-8,10H,9,11H2,(H,19,20,21). The van der Waals surface area contributed by atoms with Crippen molar-refractivity contribution in [3.63, 3.8) is 0 Å². The van der Waals surface area contributed by atoms with Gasteiger partial charge in [-0.05, 0) is 17.7 Å². The summed E-state index contributed by atoms with van der Waals surface area (Å²) < 4.78 is 10.6. The summed E-state index contributed by atoms with van der Waals surface area (Å²) in [5.41, 5.74) is 2.76. The van der Waals surface area contributed by atoms with Crippen LogP contribution in [0.2, 0.25) is 0 Å². The maximum Gasteiger partial charge on any atom is 0.231 e. The molecule has 0 bridgehead atoms. The zero-order chi connectivity index (χ0) is 16.4.